The Bertz CT molecular complexity index is 1020. The molecule has 0 fully saturated rings. The van der Waals surface area contributed by atoms with Gasteiger partial charge in [0.1, 0.15) is 5.70 Å². The SMILES string of the molecule is COc1cc(-c2cccc(C3C=CC=C(C(F)(F)F)N3O)c2)cc([N+](=O)[O-])c1O. The summed E-state index contributed by atoms with van der Waals surface area (Å²) in [5.74, 6) is -0.752. The number of phenols is 1. The second-order valence-corrected chi connectivity index (χ2v) is 6.15. The van der Waals surface area contributed by atoms with Crippen LogP contribution in [0, 0.1) is 10.1 Å². The first-order chi connectivity index (χ1) is 13.6. The molecule has 0 saturated carbocycles. The lowest BCUT2D eigenvalue weighted by Crippen LogP contribution is -2.33. The van der Waals surface area contributed by atoms with E-state index in [0.717, 1.165) is 12.1 Å². The summed E-state index contributed by atoms with van der Waals surface area (Å²) < 4.78 is 44.2. The second-order valence-electron chi connectivity index (χ2n) is 6.15. The van der Waals surface area contributed by atoms with E-state index in [2.05, 4.69) is 0 Å². The van der Waals surface area contributed by atoms with Crippen LogP contribution in [0.5, 0.6) is 11.5 Å². The third-order valence-corrected chi connectivity index (χ3v) is 4.38. The van der Waals surface area contributed by atoms with Gasteiger partial charge in [0.05, 0.1) is 18.1 Å². The van der Waals surface area contributed by atoms with Gasteiger partial charge in [0.25, 0.3) is 0 Å². The molecule has 0 aliphatic carbocycles. The van der Waals surface area contributed by atoms with Crippen molar-refractivity contribution in [1.82, 2.24) is 5.06 Å². The molecular weight excluding hydrogens is 393 g/mol. The number of nitrogens with zero attached hydrogens (tertiary/aromatic N) is 2. The molecule has 0 saturated heterocycles. The van der Waals surface area contributed by atoms with Crippen LogP contribution in [0.1, 0.15) is 11.6 Å². The number of alkyl halides is 3. The predicted molar refractivity (Wildman–Crippen MR) is 96.4 cm³/mol. The smallest absolute Gasteiger partial charge is 0.433 e. The maximum atomic E-state index is 13.1. The Morgan fingerprint density at radius 1 is 1.21 bits per heavy atom. The lowest BCUT2D eigenvalue weighted by molar-refractivity contribution is -0.385. The van der Waals surface area contributed by atoms with Crippen LogP contribution in [0.25, 0.3) is 11.1 Å². The molecule has 1 heterocycles. The van der Waals surface area contributed by atoms with Crippen LogP contribution in [0.3, 0.4) is 0 Å². The van der Waals surface area contributed by atoms with Crippen LogP contribution in [0.4, 0.5) is 18.9 Å². The van der Waals surface area contributed by atoms with E-state index in [1.807, 2.05) is 0 Å². The maximum Gasteiger partial charge on any atom is 0.433 e. The molecule has 1 atom stereocenters. The summed E-state index contributed by atoms with van der Waals surface area (Å²) in [5.41, 5.74) is -0.727. The van der Waals surface area contributed by atoms with Gasteiger partial charge in [-0.15, -0.1) is 0 Å². The molecule has 29 heavy (non-hydrogen) atoms. The van der Waals surface area contributed by atoms with Crippen LogP contribution in [-0.2, 0) is 0 Å². The summed E-state index contributed by atoms with van der Waals surface area (Å²) in [6, 6.07) is 7.55. The molecule has 2 aromatic rings. The summed E-state index contributed by atoms with van der Waals surface area (Å²) in [5, 5.41) is 31.3. The minimum Gasteiger partial charge on any atom is -0.500 e. The molecule has 0 amide bonds. The first-order valence-electron chi connectivity index (χ1n) is 8.23. The number of hydrogen-bond donors (Lipinski definition) is 2. The summed E-state index contributed by atoms with van der Waals surface area (Å²) in [6.07, 6.45) is -1.40. The van der Waals surface area contributed by atoms with Crippen molar-refractivity contribution in [1.29, 1.82) is 0 Å². The predicted octanol–water partition coefficient (Wildman–Crippen LogP) is 4.72. The zero-order chi connectivity index (χ0) is 21.3. The molecule has 2 aromatic carbocycles. The van der Waals surface area contributed by atoms with E-state index < -0.39 is 34.3 Å². The first-order valence-corrected chi connectivity index (χ1v) is 8.23. The standard InChI is InChI=1S/C19H15F3N2O5/c1-29-16-10-13(9-15(18(16)25)24(27)28)11-4-2-5-12(8-11)14-6-3-7-17(23(14)26)19(20,21)22/h2-10,14,25-26H,1H3. The lowest BCUT2D eigenvalue weighted by atomic mass is 9.97. The molecule has 0 bridgehead atoms. The number of nitro groups is 1. The van der Waals surface area contributed by atoms with E-state index in [9.17, 15) is 33.6 Å². The minimum absolute atomic E-state index is 0.122. The van der Waals surface area contributed by atoms with Crippen molar-refractivity contribution >= 4 is 5.69 Å². The Labute approximate surface area is 162 Å². The molecule has 0 spiro atoms. The van der Waals surface area contributed by atoms with Crippen LogP contribution >= 0.6 is 0 Å². The normalized spacial score (nSPS) is 16.5. The fourth-order valence-corrected chi connectivity index (χ4v) is 2.99. The highest BCUT2D eigenvalue weighted by Gasteiger charge is 2.40. The van der Waals surface area contributed by atoms with Crippen molar-refractivity contribution in [3.05, 3.63) is 76.0 Å². The molecule has 1 unspecified atom stereocenters. The minimum atomic E-state index is -4.74. The topological polar surface area (TPSA) is 96.1 Å². The molecule has 152 valence electrons. The highest BCUT2D eigenvalue weighted by atomic mass is 19.4. The number of methoxy groups -OCH3 is 1. The van der Waals surface area contributed by atoms with Gasteiger partial charge in [0.15, 0.2) is 5.75 Å². The Morgan fingerprint density at radius 3 is 2.55 bits per heavy atom. The van der Waals surface area contributed by atoms with Crippen LogP contribution in [0.2, 0.25) is 0 Å². The number of hydrogen-bond acceptors (Lipinski definition) is 6. The zero-order valence-corrected chi connectivity index (χ0v) is 14.9. The van der Waals surface area contributed by atoms with Gasteiger partial charge in [-0.1, -0.05) is 30.4 Å². The maximum absolute atomic E-state index is 13.1. The van der Waals surface area contributed by atoms with E-state index in [1.54, 1.807) is 12.1 Å². The lowest BCUT2D eigenvalue weighted by Gasteiger charge is -2.31. The van der Waals surface area contributed by atoms with Gasteiger partial charge in [-0.05, 0) is 34.9 Å². The van der Waals surface area contributed by atoms with Crippen molar-refractivity contribution in [2.75, 3.05) is 7.11 Å². The quantitative estimate of drug-likeness (QED) is 0.561. The van der Waals surface area contributed by atoms with Crippen molar-refractivity contribution in [3.8, 4) is 22.6 Å². The number of hydroxylamine groups is 2. The number of nitro benzene ring substituents is 1. The molecule has 1 aliphatic rings. The number of allylic oxidation sites excluding steroid dienone is 3. The van der Waals surface area contributed by atoms with Gasteiger partial charge in [-0.3, -0.25) is 15.3 Å². The highest BCUT2D eigenvalue weighted by molar-refractivity contribution is 5.73. The van der Waals surface area contributed by atoms with Gasteiger partial charge >= 0.3 is 11.9 Å². The molecule has 1 aliphatic heterocycles. The molecule has 10 heteroatoms. The summed E-state index contributed by atoms with van der Waals surface area (Å²) >= 11 is 0. The van der Waals surface area contributed by atoms with Crippen molar-refractivity contribution in [2.24, 2.45) is 0 Å². The molecule has 3 rings (SSSR count). The fraction of sp³-hybridized carbons (Fsp3) is 0.158. The number of phenolic OH excluding ortho intramolecular Hbond substituents is 1. The van der Waals surface area contributed by atoms with Crippen LogP contribution < -0.4 is 4.74 Å². The Morgan fingerprint density at radius 2 is 1.93 bits per heavy atom. The third kappa shape index (κ3) is 3.87. The molecule has 0 aromatic heterocycles. The first kappa shape index (κ1) is 20.2. The second kappa shape index (κ2) is 7.47. The number of benzene rings is 2. The molecule has 0 radical (unpaired) electrons. The summed E-state index contributed by atoms with van der Waals surface area (Å²) in [6.45, 7) is 0. The van der Waals surface area contributed by atoms with Crippen LogP contribution in [-0.4, -0.2) is 33.6 Å². The summed E-state index contributed by atoms with van der Waals surface area (Å²) in [4.78, 5) is 10.4. The van der Waals surface area contributed by atoms with E-state index >= 15 is 0 Å². The Hall–Kier alpha value is -3.53. The Balaban J connectivity index is 2.04. The average Bonchev–Trinajstić information content (AvgIpc) is 2.67. The number of halogens is 3. The van der Waals surface area contributed by atoms with Crippen LogP contribution in [0.15, 0.2) is 60.3 Å². The largest absolute Gasteiger partial charge is 0.500 e. The van der Waals surface area contributed by atoms with E-state index in [4.69, 9.17) is 4.74 Å². The Kier molecular flexibility index (Phi) is 5.21. The summed E-state index contributed by atoms with van der Waals surface area (Å²) in [7, 11) is 1.24. The third-order valence-electron chi connectivity index (χ3n) is 4.38. The molecule has 2 N–H and O–H groups in total. The number of ether oxygens (including phenoxy) is 1. The molecule has 7 nitrogen and oxygen atoms in total. The van der Waals surface area contributed by atoms with E-state index in [1.165, 1.54) is 37.5 Å². The van der Waals surface area contributed by atoms with E-state index in [-0.39, 0.29) is 10.8 Å². The van der Waals surface area contributed by atoms with E-state index in [0.29, 0.717) is 16.7 Å². The highest BCUT2D eigenvalue weighted by Crippen LogP contribution is 2.41. The van der Waals surface area contributed by atoms with Gasteiger partial charge < -0.3 is 9.84 Å². The zero-order valence-electron chi connectivity index (χ0n) is 14.9. The van der Waals surface area contributed by atoms with Crippen molar-refractivity contribution in [2.45, 2.75) is 12.2 Å². The van der Waals surface area contributed by atoms with Gasteiger partial charge in [-0.2, -0.15) is 13.2 Å². The van der Waals surface area contributed by atoms with Gasteiger partial charge in [-0.25, -0.2) is 5.06 Å². The average molecular weight is 408 g/mol. The van der Waals surface area contributed by atoms with Crippen molar-refractivity contribution in [3.63, 3.8) is 0 Å². The molecular formula is C19H15F3N2O5. The van der Waals surface area contributed by atoms with Gasteiger partial charge in [0.2, 0.25) is 5.75 Å². The number of aromatic hydroxyl groups is 1. The fourth-order valence-electron chi connectivity index (χ4n) is 2.99. The number of rotatable bonds is 4. The van der Waals surface area contributed by atoms with Gasteiger partial charge in [0, 0.05) is 6.07 Å². The van der Waals surface area contributed by atoms with Crippen molar-refractivity contribution < 1.29 is 33.1 Å². The monoisotopic (exact) mass is 408 g/mol.